The van der Waals surface area contributed by atoms with Crippen LogP contribution >= 0.6 is 0 Å². The number of pyridine rings is 2. The third-order valence-corrected chi connectivity index (χ3v) is 4.54. The lowest BCUT2D eigenvalue weighted by molar-refractivity contribution is 0.166. The lowest BCUT2D eigenvalue weighted by Gasteiger charge is -2.19. The molecule has 1 aliphatic carbocycles. The van der Waals surface area contributed by atoms with Gasteiger partial charge in [0.1, 0.15) is 0 Å². The van der Waals surface area contributed by atoms with Gasteiger partial charge in [-0.25, -0.2) is 4.98 Å². The van der Waals surface area contributed by atoms with E-state index in [2.05, 4.69) is 24.8 Å². The Bertz CT molecular complexity index is 783. The van der Waals surface area contributed by atoms with Crippen molar-refractivity contribution in [1.29, 1.82) is 0 Å². The Kier molecular flexibility index (Phi) is 3.67. The molecular formula is C17H19N5O. The van der Waals surface area contributed by atoms with Gasteiger partial charge in [0.05, 0.1) is 24.0 Å². The number of nitrogens with one attached hydrogen (secondary N) is 1. The quantitative estimate of drug-likeness (QED) is 0.771. The number of aromatic nitrogens is 4. The lowest BCUT2D eigenvalue weighted by atomic mass is 10.1. The third-order valence-electron chi connectivity index (χ3n) is 4.54. The molecule has 6 nitrogen and oxygen atoms in total. The fourth-order valence-corrected chi connectivity index (χ4v) is 3.43. The summed E-state index contributed by atoms with van der Waals surface area (Å²) in [6.45, 7) is 0.897. The molecule has 3 atom stereocenters. The molecule has 0 radical (unpaired) electrons. The van der Waals surface area contributed by atoms with Crippen molar-refractivity contribution in [2.75, 3.05) is 5.32 Å². The molecule has 4 rings (SSSR count). The first kappa shape index (κ1) is 14.1. The Morgan fingerprint density at radius 1 is 1.17 bits per heavy atom. The standard InChI is InChI=1S/C17H19N5O/c23-17-8-12(10-22-6-5-19-11-22)7-16(17)21-15-2-4-20-14-1-3-18-9-13(14)15/h1-6,9,11-12,16-17,23H,7-8,10H2,(H,20,21)/t12?,16-,17-/m1/s1. The summed E-state index contributed by atoms with van der Waals surface area (Å²) in [6, 6.07) is 3.89. The van der Waals surface area contributed by atoms with E-state index in [-0.39, 0.29) is 12.1 Å². The Labute approximate surface area is 134 Å². The van der Waals surface area contributed by atoms with E-state index in [9.17, 15) is 5.11 Å². The second-order valence-corrected chi connectivity index (χ2v) is 6.17. The molecule has 3 heterocycles. The van der Waals surface area contributed by atoms with Crippen LogP contribution in [0.4, 0.5) is 5.69 Å². The van der Waals surface area contributed by atoms with Gasteiger partial charge in [0.2, 0.25) is 0 Å². The number of rotatable bonds is 4. The van der Waals surface area contributed by atoms with Crippen molar-refractivity contribution in [2.24, 2.45) is 5.92 Å². The minimum atomic E-state index is -0.344. The molecule has 6 heteroatoms. The zero-order valence-corrected chi connectivity index (χ0v) is 12.7. The van der Waals surface area contributed by atoms with E-state index in [0.717, 1.165) is 36.0 Å². The zero-order chi connectivity index (χ0) is 15.6. The van der Waals surface area contributed by atoms with Gasteiger partial charge in [-0.2, -0.15) is 0 Å². The van der Waals surface area contributed by atoms with Crippen molar-refractivity contribution in [3.8, 4) is 0 Å². The van der Waals surface area contributed by atoms with Crippen LogP contribution in [0.3, 0.4) is 0 Å². The van der Waals surface area contributed by atoms with Crippen LogP contribution in [0.2, 0.25) is 0 Å². The average molecular weight is 309 g/mol. The monoisotopic (exact) mass is 309 g/mol. The van der Waals surface area contributed by atoms with E-state index < -0.39 is 0 Å². The predicted molar refractivity (Wildman–Crippen MR) is 87.9 cm³/mol. The molecule has 2 N–H and O–H groups in total. The number of imidazole rings is 1. The summed E-state index contributed by atoms with van der Waals surface area (Å²) in [5.74, 6) is 0.447. The van der Waals surface area contributed by atoms with E-state index in [1.807, 2.05) is 30.9 Å². The SMILES string of the molecule is O[C@@H]1CC(Cn2ccnc2)C[C@H]1Nc1ccnc2ccncc12. The van der Waals surface area contributed by atoms with Crippen LogP contribution in [0.1, 0.15) is 12.8 Å². The van der Waals surface area contributed by atoms with Crippen molar-refractivity contribution in [2.45, 2.75) is 31.5 Å². The van der Waals surface area contributed by atoms with Gasteiger partial charge < -0.3 is 15.0 Å². The molecule has 0 aliphatic heterocycles. The van der Waals surface area contributed by atoms with E-state index in [1.165, 1.54) is 0 Å². The molecule has 0 amide bonds. The number of hydrogen-bond acceptors (Lipinski definition) is 5. The molecule has 0 spiro atoms. The highest BCUT2D eigenvalue weighted by atomic mass is 16.3. The Hall–Kier alpha value is -2.47. The smallest absolute Gasteiger partial charge is 0.0945 e. The Morgan fingerprint density at radius 3 is 3.00 bits per heavy atom. The number of nitrogens with zero attached hydrogens (tertiary/aromatic N) is 4. The third kappa shape index (κ3) is 2.90. The topological polar surface area (TPSA) is 75.9 Å². The molecule has 3 aromatic heterocycles. The molecule has 0 bridgehead atoms. The van der Waals surface area contributed by atoms with Gasteiger partial charge in [0.25, 0.3) is 0 Å². The minimum Gasteiger partial charge on any atom is -0.391 e. The van der Waals surface area contributed by atoms with Crippen molar-refractivity contribution < 1.29 is 5.11 Å². The Balaban J connectivity index is 1.50. The summed E-state index contributed by atoms with van der Waals surface area (Å²) in [7, 11) is 0. The summed E-state index contributed by atoms with van der Waals surface area (Å²) < 4.78 is 2.07. The maximum atomic E-state index is 10.4. The molecule has 1 saturated carbocycles. The minimum absolute atomic E-state index is 0.0503. The molecule has 1 fully saturated rings. The molecule has 1 unspecified atom stereocenters. The van der Waals surface area contributed by atoms with Crippen LogP contribution in [0, 0.1) is 5.92 Å². The van der Waals surface area contributed by atoms with Gasteiger partial charge in [0.15, 0.2) is 0 Å². The van der Waals surface area contributed by atoms with E-state index >= 15 is 0 Å². The molecule has 0 aromatic carbocycles. The highest BCUT2D eigenvalue weighted by molar-refractivity contribution is 5.90. The van der Waals surface area contributed by atoms with Crippen molar-refractivity contribution >= 4 is 16.6 Å². The van der Waals surface area contributed by atoms with Gasteiger partial charge in [-0.15, -0.1) is 0 Å². The molecule has 3 aromatic rings. The van der Waals surface area contributed by atoms with Crippen molar-refractivity contribution in [3.63, 3.8) is 0 Å². The first-order valence-electron chi connectivity index (χ1n) is 7.88. The largest absolute Gasteiger partial charge is 0.391 e. The molecule has 23 heavy (non-hydrogen) atoms. The maximum absolute atomic E-state index is 10.4. The van der Waals surface area contributed by atoms with Gasteiger partial charge in [-0.05, 0) is 30.9 Å². The number of aliphatic hydroxyl groups is 1. The van der Waals surface area contributed by atoms with E-state index in [0.29, 0.717) is 5.92 Å². The summed E-state index contributed by atoms with van der Waals surface area (Å²) in [6.07, 6.45) is 12.3. The molecule has 1 aliphatic rings. The first-order valence-corrected chi connectivity index (χ1v) is 7.88. The zero-order valence-electron chi connectivity index (χ0n) is 12.7. The average Bonchev–Trinajstić information content (AvgIpc) is 3.18. The summed E-state index contributed by atoms with van der Waals surface area (Å²) in [5, 5.41) is 14.9. The van der Waals surface area contributed by atoms with Crippen LogP contribution in [-0.2, 0) is 6.54 Å². The van der Waals surface area contributed by atoms with Crippen molar-refractivity contribution in [3.05, 3.63) is 49.4 Å². The maximum Gasteiger partial charge on any atom is 0.0945 e. The van der Waals surface area contributed by atoms with Crippen LogP contribution in [-0.4, -0.2) is 36.8 Å². The van der Waals surface area contributed by atoms with Crippen LogP contribution in [0.5, 0.6) is 0 Å². The summed E-state index contributed by atoms with van der Waals surface area (Å²) in [5.41, 5.74) is 1.89. The highest BCUT2D eigenvalue weighted by Gasteiger charge is 2.33. The second kappa shape index (κ2) is 5.96. The van der Waals surface area contributed by atoms with E-state index in [4.69, 9.17) is 0 Å². The number of anilines is 1. The van der Waals surface area contributed by atoms with Crippen LogP contribution < -0.4 is 5.32 Å². The lowest BCUT2D eigenvalue weighted by Crippen LogP contribution is -2.28. The first-order chi connectivity index (χ1) is 11.3. The molecular weight excluding hydrogens is 290 g/mol. The fraction of sp³-hybridized carbons (Fsp3) is 0.353. The number of hydrogen-bond donors (Lipinski definition) is 2. The van der Waals surface area contributed by atoms with Crippen LogP contribution in [0.25, 0.3) is 10.9 Å². The van der Waals surface area contributed by atoms with Gasteiger partial charge in [0, 0.05) is 48.6 Å². The summed E-state index contributed by atoms with van der Waals surface area (Å²) >= 11 is 0. The molecule has 0 saturated heterocycles. The Morgan fingerprint density at radius 2 is 2.13 bits per heavy atom. The van der Waals surface area contributed by atoms with E-state index in [1.54, 1.807) is 18.6 Å². The second-order valence-electron chi connectivity index (χ2n) is 6.17. The summed E-state index contributed by atoms with van der Waals surface area (Å²) in [4.78, 5) is 12.6. The normalized spacial score (nSPS) is 24.1. The van der Waals surface area contributed by atoms with Gasteiger partial charge >= 0.3 is 0 Å². The van der Waals surface area contributed by atoms with Gasteiger partial charge in [-0.1, -0.05) is 0 Å². The highest BCUT2D eigenvalue weighted by Crippen LogP contribution is 2.31. The van der Waals surface area contributed by atoms with Gasteiger partial charge in [-0.3, -0.25) is 9.97 Å². The number of aliphatic hydroxyl groups excluding tert-OH is 1. The fourth-order valence-electron chi connectivity index (χ4n) is 3.43. The molecule has 118 valence electrons. The van der Waals surface area contributed by atoms with Crippen LogP contribution in [0.15, 0.2) is 49.4 Å². The number of fused-ring (bicyclic) bond motifs is 1. The van der Waals surface area contributed by atoms with Crippen molar-refractivity contribution in [1.82, 2.24) is 19.5 Å². The predicted octanol–water partition coefficient (Wildman–Crippen LogP) is 2.08.